The quantitative estimate of drug-likeness (QED) is 0.708. The van der Waals surface area contributed by atoms with Crippen molar-refractivity contribution in [2.75, 3.05) is 25.1 Å². The Bertz CT molecular complexity index is 568. The van der Waals surface area contributed by atoms with E-state index >= 15 is 0 Å². The second-order valence-electron chi connectivity index (χ2n) is 7.38. The molecule has 5 heteroatoms. The van der Waals surface area contributed by atoms with Crippen LogP contribution >= 0.6 is 0 Å². The molecule has 1 saturated heterocycles. The van der Waals surface area contributed by atoms with E-state index in [1.54, 1.807) is 0 Å². The molecule has 0 aliphatic carbocycles. The molecule has 0 unspecified atom stereocenters. The van der Waals surface area contributed by atoms with Gasteiger partial charge in [0.15, 0.2) is 0 Å². The van der Waals surface area contributed by atoms with Crippen LogP contribution in [0.2, 0.25) is 0 Å². The number of amides is 1. The fourth-order valence-electron chi connectivity index (χ4n) is 3.01. The maximum atomic E-state index is 12.5. The number of aliphatic hydroxyl groups is 1. The number of hydrogen-bond acceptors (Lipinski definition) is 4. The molecule has 5 nitrogen and oxygen atoms in total. The van der Waals surface area contributed by atoms with Crippen LogP contribution in [0, 0.1) is 18.8 Å². The van der Waals surface area contributed by atoms with Crippen LogP contribution in [0.15, 0.2) is 18.2 Å². The summed E-state index contributed by atoms with van der Waals surface area (Å²) < 4.78 is 5.32. The van der Waals surface area contributed by atoms with Crippen molar-refractivity contribution in [3.8, 4) is 0 Å². The Morgan fingerprint density at radius 1 is 1.28 bits per heavy atom. The molecule has 0 spiro atoms. The zero-order valence-electron chi connectivity index (χ0n) is 15.8. The molecule has 3 N–H and O–H groups in total. The lowest BCUT2D eigenvalue weighted by Crippen LogP contribution is -2.38. The van der Waals surface area contributed by atoms with Gasteiger partial charge in [-0.2, -0.15) is 0 Å². The molecule has 1 fully saturated rings. The molecule has 0 saturated carbocycles. The summed E-state index contributed by atoms with van der Waals surface area (Å²) in [4.78, 5) is 12.5. The van der Waals surface area contributed by atoms with Crippen LogP contribution in [0.4, 0.5) is 5.69 Å². The topological polar surface area (TPSA) is 70.6 Å². The van der Waals surface area contributed by atoms with Crippen molar-refractivity contribution >= 4 is 11.6 Å². The maximum Gasteiger partial charge on any atom is 0.251 e. The second kappa shape index (κ2) is 9.20. The summed E-state index contributed by atoms with van der Waals surface area (Å²) in [5.41, 5.74) is 2.58. The van der Waals surface area contributed by atoms with Crippen LogP contribution in [0.5, 0.6) is 0 Å². The van der Waals surface area contributed by atoms with Gasteiger partial charge in [-0.3, -0.25) is 4.79 Å². The van der Waals surface area contributed by atoms with Gasteiger partial charge in [0.05, 0.1) is 6.10 Å². The molecule has 0 aromatic heterocycles. The predicted molar refractivity (Wildman–Crippen MR) is 101 cm³/mol. The standard InChI is InChI=1S/C20H32N2O3/c1-13(2)15(4)22-18-7-5-6-17(14(18)3)20(24)21-12-19(23)16-8-10-25-11-9-16/h5-7,13,15-16,19,22-23H,8-12H2,1-4H3,(H,21,24)/t15-,19+/m0/s1. The first-order valence-electron chi connectivity index (χ1n) is 9.30. The first-order valence-corrected chi connectivity index (χ1v) is 9.30. The van der Waals surface area contributed by atoms with Crippen LogP contribution < -0.4 is 10.6 Å². The Kier molecular flexibility index (Phi) is 7.26. The lowest BCUT2D eigenvalue weighted by molar-refractivity contribution is 0.00873. The molecule has 1 aromatic rings. The summed E-state index contributed by atoms with van der Waals surface area (Å²) in [6.45, 7) is 10.1. The zero-order chi connectivity index (χ0) is 18.4. The Hall–Kier alpha value is -1.59. The van der Waals surface area contributed by atoms with Crippen molar-refractivity contribution in [3.63, 3.8) is 0 Å². The van der Waals surface area contributed by atoms with E-state index in [2.05, 4.69) is 31.4 Å². The maximum absolute atomic E-state index is 12.5. The zero-order valence-corrected chi connectivity index (χ0v) is 15.8. The predicted octanol–water partition coefficient (Wildman–Crippen LogP) is 2.97. The van der Waals surface area contributed by atoms with E-state index in [0.717, 1.165) is 24.1 Å². The normalized spacial score (nSPS) is 18.0. The first-order chi connectivity index (χ1) is 11.9. The minimum atomic E-state index is -0.518. The largest absolute Gasteiger partial charge is 0.391 e. The highest BCUT2D eigenvalue weighted by molar-refractivity contribution is 5.97. The van der Waals surface area contributed by atoms with Crippen molar-refractivity contribution in [3.05, 3.63) is 29.3 Å². The van der Waals surface area contributed by atoms with Gasteiger partial charge >= 0.3 is 0 Å². The fraction of sp³-hybridized carbons (Fsp3) is 0.650. The molecule has 2 atom stereocenters. The van der Waals surface area contributed by atoms with E-state index in [1.165, 1.54) is 0 Å². The van der Waals surface area contributed by atoms with Gasteiger partial charge in [-0.15, -0.1) is 0 Å². The average Bonchev–Trinajstić information content (AvgIpc) is 2.61. The number of hydrogen-bond donors (Lipinski definition) is 3. The minimum absolute atomic E-state index is 0.135. The molecule has 1 aliphatic heterocycles. The lowest BCUT2D eigenvalue weighted by Gasteiger charge is -2.27. The van der Waals surface area contributed by atoms with Crippen LogP contribution in [0.3, 0.4) is 0 Å². The molecule has 1 heterocycles. The van der Waals surface area contributed by atoms with Crippen molar-refractivity contribution in [2.45, 2.75) is 52.7 Å². The van der Waals surface area contributed by atoms with E-state index in [1.807, 2.05) is 25.1 Å². The number of carbonyl (C=O) groups is 1. The molecule has 25 heavy (non-hydrogen) atoms. The highest BCUT2D eigenvalue weighted by Crippen LogP contribution is 2.22. The van der Waals surface area contributed by atoms with E-state index in [9.17, 15) is 9.90 Å². The van der Waals surface area contributed by atoms with Crippen molar-refractivity contribution < 1.29 is 14.6 Å². The SMILES string of the molecule is Cc1c(N[C@@H](C)C(C)C)cccc1C(=O)NC[C@@H](O)C1CCOCC1. The van der Waals surface area contributed by atoms with Gasteiger partial charge < -0.3 is 20.5 Å². The molecule has 1 amide bonds. The van der Waals surface area contributed by atoms with Gasteiger partial charge in [0.25, 0.3) is 5.91 Å². The highest BCUT2D eigenvalue weighted by Gasteiger charge is 2.23. The van der Waals surface area contributed by atoms with Crippen LogP contribution in [0.25, 0.3) is 0 Å². The third kappa shape index (κ3) is 5.44. The lowest BCUT2D eigenvalue weighted by atomic mass is 9.94. The number of nitrogens with one attached hydrogen (secondary N) is 2. The summed E-state index contributed by atoms with van der Waals surface area (Å²) in [6, 6.07) is 6.05. The number of ether oxygens (including phenoxy) is 1. The number of benzene rings is 1. The van der Waals surface area contributed by atoms with Crippen molar-refractivity contribution in [1.29, 1.82) is 0 Å². The monoisotopic (exact) mass is 348 g/mol. The van der Waals surface area contributed by atoms with Gasteiger partial charge in [-0.1, -0.05) is 19.9 Å². The van der Waals surface area contributed by atoms with E-state index < -0.39 is 6.10 Å². The van der Waals surface area contributed by atoms with Gasteiger partial charge in [-0.05, 0) is 56.2 Å². The number of aliphatic hydroxyl groups excluding tert-OH is 1. The molecular formula is C20H32N2O3. The summed E-state index contributed by atoms with van der Waals surface area (Å²) in [6.07, 6.45) is 1.18. The summed E-state index contributed by atoms with van der Waals surface area (Å²) in [5.74, 6) is 0.575. The Labute approximate surface area is 151 Å². The molecule has 0 bridgehead atoms. The van der Waals surface area contributed by atoms with Gasteiger partial charge in [-0.25, -0.2) is 0 Å². The van der Waals surface area contributed by atoms with Gasteiger partial charge in [0.1, 0.15) is 0 Å². The number of rotatable bonds is 7. The molecule has 140 valence electrons. The van der Waals surface area contributed by atoms with Crippen molar-refractivity contribution in [2.24, 2.45) is 11.8 Å². The number of carbonyl (C=O) groups excluding carboxylic acids is 1. The van der Waals surface area contributed by atoms with Gasteiger partial charge in [0.2, 0.25) is 0 Å². The summed E-state index contributed by atoms with van der Waals surface area (Å²) in [5, 5.41) is 16.7. The molecular weight excluding hydrogens is 316 g/mol. The first kappa shape index (κ1) is 19.7. The second-order valence-corrected chi connectivity index (χ2v) is 7.38. The highest BCUT2D eigenvalue weighted by atomic mass is 16.5. The fourth-order valence-corrected chi connectivity index (χ4v) is 3.01. The average molecular weight is 348 g/mol. The van der Waals surface area contributed by atoms with Crippen molar-refractivity contribution in [1.82, 2.24) is 5.32 Å². The molecule has 2 rings (SSSR count). The third-order valence-electron chi connectivity index (χ3n) is 5.24. The summed E-state index contributed by atoms with van der Waals surface area (Å²) >= 11 is 0. The van der Waals surface area contributed by atoms with Crippen LogP contribution in [-0.2, 0) is 4.74 Å². The smallest absolute Gasteiger partial charge is 0.251 e. The van der Waals surface area contributed by atoms with E-state index in [-0.39, 0.29) is 18.4 Å². The Morgan fingerprint density at radius 2 is 1.96 bits per heavy atom. The van der Waals surface area contributed by atoms with Gasteiger partial charge in [0, 0.05) is 37.1 Å². The molecule has 1 aliphatic rings. The number of anilines is 1. The Balaban J connectivity index is 1.96. The van der Waals surface area contributed by atoms with E-state index in [0.29, 0.717) is 30.7 Å². The Morgan fingerprint density at radius 3 is 2.60 bits per heavy atom. The summed E-state index contributed by atoms with van der Waals surface area (Å²) in [7, 11) is 0. The van der Waals surface area contributed by atoms with E-state index in [4.69, 9.17) is 4.74 Å². The van der Waals surface area contributed by atoms with Crippen LogP contribution in [0.1, 0.15) is 49.5 Å². The molecule has 0 radical (unpaired) electrons. The van der Waals surface area contributed by atoms with Crippen LogP contribution in [-0.4, -0.2) is 42.9 Å². The minimum Gasteiger partial charge on any atom is -0.391 e. The molecule has 1 aromatic carbocycles. The third-order valence-corrected chi connectivity index (χ3v) is 5.24.